The van der Waals surface area contributed by atoms with Gasteiger partial charge in [-0.15, -0.1) is 0 Å². The number of nitrogen functional groups attached to an aromatic ring is 1. The molecule has 1 rings (SSSR count). The first-order chi connectivity index (χ1) is 8.54. The molecule has 0 aliphatic rings. The normalized spacial score (nSPS) is 12.9. The Kier molecular flexibility index (Phi) is 4.86. The first kappa shape index (κ1) is 16.3. The minimum atomic E-state index is -4.41. The minimum Gasteiger partial charge on any atom is -0.398 e. The first-order valence-electron chi connectivity index (χ1n) is 5.12. The maximum atomic E-state index is 12.1. The zero-order chi connectivity index (χ0) is 14.8. The molecular formula is C10H12BrF3N2O2S. The highest BCUT2D eigenvalue weighted by atomic mass is 79.9. The zero-order valence-electron chi connectivity index (χ0n) is 9.91. The molecule has 1 aromatic rings. The second-order valence-corrected chi connectivity index (χ2v) is 6.80. The summed E-state index contributed by atoms with van der Waals surface area (Å²) in [5, 5.41) is 0. The molecule has 0 fully saturated rings. The minimum absolute atomic E-state index is 0.0120. The number of hydrogen-bond acceptors (Lipinski definition) is 3. The van der Waals surface area contributed by atoms with E-state index in [-0.39, 0.29) is 10.6 Å². The van der Waals surface area contributed by atoms with E-state index in [4.69, 9.17) is 5.73 Å². The Hall–Kier alpha value is -0.800. The van der Waals surface area contributed by atoms with Gasteiger partial charge in [-0.25, -0.2) is 12.7 Å². The lowest BCUT2D eigenvalue weighted by Gasteiger charge is -2.19. The molecule has 0 aliphatic heterocycles. The van der Waals surface area contributed by atoms with Gasteiger partial charge in [-0.2, -0.15) is 13.2 Å². The third kappa shape index (κ3) is 4.36. The van der Waals surface area contributed by atoms with Crippen molar-refractivity contribution >= 4 is 31.6 Å². The van der Waals surface area contributed by atoms with Crippen molar-refractivity contribution in [3.05, 3.63) is 22.7 Å². The van der Waals surface area contributed by atoms with Crippen molar-refractivity contribution in [1.29, 1.82) is 0 Å². The van der Waals surface area contributed by atoms with E-state index in [1.807, 2.05) is 0 Å². The number of nitrogens with two attached hydrogens (primary N) is 1. The van der Waals surface area contributed by atoms with Crippen LogP contribution in [0.3, 0.4) is 0 Å². The van der Waals surface area contributed by atoms with Gasteiger partial charge in [-0.05, 0) is 18.2 Å². The fourth-order valence-corrected chi connectivity index (χ4v) is 3.13. The Morgan fingerprint density at radius 3 is 2.47 bits per heavy atom. The van der Waals surface area contributed by atoms with Gasteiger partial charge in [0.25, 0.3) is 0 Å². The summed E-state index contributed by atoms with van der Waals surface area (Å²) in [6, 6.07) is 4.17. The maximum Gasteiger partial charge on any atom is 0.390 e. The standard InChI is InChI=1S/C10H12BrF3N2O2S/c1-16(5-4-10(12,13)14)19(17,18)9-6-7(11)2-3-8(9)15/h2-3,6H,4-5,15H2,1H3. The van der Waals surface area contributed by atoms with Crippen LogP contribution in [0.2, 0.25) is 0 Å². The van der Waals surface area contributed by atoms with Crippen molar-refractivity contribution in [3.63, 3.8) is 0 Å². The highest BCUT2D eigenvalue weighted by Crippen LogP contribution is 2.27. The quantitative estimate of drug-likeness (QED) is 0.839. The fourth-order valence-electron chi connectivity index (χ4n) is 1.30. The van der Waals surface area contributed by atoms with Crippen LogP contribution >= 0.6 is 15.9 Å². The van der Waals surface area contributed by atoms with Gasteiger partial charge in [-0.3, -0.25) is 0 Å². The predicted molar refractivity (Wildman–Crippen MR) is 69.0 cm³/mol. The number of anilines is 1. The highest BCUT2D eigenvalue weighted by Gasteiger charge is 2.31. The van der Waals surface area contributed by atoms with Crippen molar-refractivity contribution in [1.82, 2.24) is 4.31 Å². The van der Waals surface area contributed by atoms with Crippen LogP contribution in [0, 0.1) is 0 Å². The molecule has 2 N–H and O–H groups in total. The summed E-state index contributed by atoms with van der Waals surface area (Å²) in [6.45, 7) is -0.655. The smallest absolute Gasteiger partial charge is 0.390 e. The second-order valence-electron chi connectivity index (χ2n) is 3.87. The summed E-state index contributed by atoms with van der Waals surface area (Å²) in [5.74, 6) is 0. The van der Waals surface area contributed by atoms with Crippen molar-refractivity contribution in [2.24, 2.45) is 0 Å². The molecule has 0 heterocycles. The molecule has 9 heteroatoms. The SMILES string of the molecule is CN(CCC(F)(F)F)S(=O)(=O)c1cc(Br)ccc1N. The molecule has 19 heavy (non-hydrogen) atoms. The van der Waals surface area contributed by atoms with E-state index < -0.39 is 29.2 Å². The van der Waals surface area contributed by atoms with Crippen LogP contribution in [0.1, 0.15) is 6.42 Å². The van der Waals surface area contributed by atoms with E-state index >= 15 is 0 Å². The Morgan fingerprint density at radius 2 is 1.95 bits per heavy atom. The fraction of sp³-hybridized carbons (Fsp3) is 0.400. The number of rotatable bonds is 4. The molecule has 0 saturated heterocycles. The van der Waals surface area contributed by atoms with Crippen molar-refractivity contribution < 1.29 is 21.6 Å². The van der Waals surface area contributed by atoms with Gasteiger partial charge in [0.15, 0.2) is 0 Å². The summed E-state index contributed by atoms with van der Waals surface area (Å²) in [5.41, 5.74) is 5.53. The van der Waals surface area contributed by atoms with Crippen LogP contribution < -0.4 is 5.73 Å². The lowest BCUT2D eigenvalue weighted by molar-refractivity contribution is -0.135. The van der Waals surface area contributed by atoms with E-state index in [0.29, 0.717) is 8.78 Å². The summed E-state index contributed by atoms with van der Waals surface area (Å²) in [7, 11) is -2.95. The van der Waals surface area contributed by atoms with E-state index in [2.05, 4.69) is 15.9 Å². The third-order valence-corrected chi connectivity index (χ3v) is 4.78. The third-order valence-electron chi connectivity index (χ3n) is 2.37. The van der Waals surface area contributed by atoms with Gasteiger partial charge in [0.1, 0.15) is 4.90 Å². The molecule has 108 valence electrons. The number of hydrogen-bond donors (Lipinski definition) is 1. The number of nitrogens with zero attached hydrogens (tertiary/aromatic N) is 1. The van der Waals surface area contributed by atoms with Crippen LogP contribution in [-0.2, 0) is 10.0 Å². The van der Waals surface area contributed by atoms with E-state index in [0.717, 1.165) is 7.05 Å². The van der Waals surface area contributed by atoms with Crippen LogP contribution in [-0.4, -0.2) is 32.5 Å². The molecule has 0 aromatic heterocycles. The molecule has 0 aliphatic carbocycles. The predicted octanol–water partition coefficient (Wildman–Crippen LogP) is 2.60. The Labute approximate surface area is 117 Å². The highest BCUT2D eigenvalue weighted by molar-refractivity contribution is 9.10. The molecule has 0 unspecified atom stereocenters. The monoisotopic (exact) mass is 360 g/mol. The molecule has 0 radical (unpaired) electrons. The van der Waals surface area contributed by atoms with Gasteiger partial charge >= 0.3 is 6.18 Å². The first-order valence-corrected chi connectivity index (χ1v) is 7.35. The lowest BCUT2D eigenvalue weighted by Crippen LogP contribution is -2.31. The van der Waals surface area contributed by atoms with E-state index in [1.165, 1.54) is 12.1 Å². The van der Waals surface area contributed by atoms with Gasteiger partial charge in [0.2, 0.25) is 10.0 Å². The topological polar surface area (TPSA) is 63.4 Å². The van der Waals surface area contributed by atoms with Gasteiger partial charge in [-0.1, -0.05) is 15.9 Å². The average Bonchev–Trinajstić information content (AvgIpc) is 2.28. The Morgan fingerprint density at radius 1 is 1.37 bits per heavy atom. The van der Waals surface area contributed by atoms with Crippen molar-refractivity contribution in [2.45, 2.75) is 17.5 Å². The molecule has 0 spiro atoms. The number of sulfonamides is 1. The molecule has 1 aromatic carbocycles. The summed E-state index contributed by atoms with van der Waals surface area (Å²) in [6.07, 6.45) is -5.62. The largest absolute Gasteiger partial charge is 0.398 e. The Balaban J connectivity index is 3.00. The van der Waals surface area contributed by atoms with Crippen LogP contribution in [0.15, 0.2) is 27.6 Å². The summed E-state index contributed by atoms with van der Waals surface area (Å²) < 4.78 is 61.6. The van der Waals surface area contributed by atoms with E-state index in [1.54, 1.807) is 6.07 Å². The molecule has 4 nitrogen and oxygen atoms in total. The molecule has 0 amide bonds. The van der Waals surface area contributed by atoms with Crippen LogP contribution in [0.5, 0.6) is 0 Å². The second kappa shape index (κ2) is 5.68. The van der Waals surface area contributed by atoms with Crippen LogP contribution in [0.4, 0.5) is 18.9 Å². The summed E-state index contributed by atoms with van der Waals surface area (Å²) >= 11 is 3.09. The van der Waals surface area contributed by atoms with Crippen LogP contribution in [0.25, 0.3) is 0 Å². The van der Waals surface area contributed by atoms with Gasteiger partial charge < -0.3 is 5.73 Å². The zero-order valence-corrected chi connectivity index (χ0v) is 12.3. The average molecular weight is 361 g/mol. The lowest BCUT2D eigenvalue weighted by atomic mass is 10.3. The summed E-state index contributed by atoms with van der Waals surface area (Å²) in [4.78, 5) is -0.216. The molecule has 0 saturated carbocycles. The van der Waals surface area contributed by atoms with Crippen molar-refractivity contribution in [2.75, 3.05) is 19.3 Å². The molecule has 0 bridgehead atoms. The van der Waals surface area contributed by atoms with Gasteiger partial charge in [0.05, 0.1) is 12.1 Å². The van der Waals surface area contributed by atoms with Gasteiger partial charge in [0, 0.05) is 18.1 Å². The molecule has 0 atom stereocenters. The number of benzene rings is 1. The maximum absolute atomic E-state index is 12.1. The number of alkyl halides is 3. The number of halogens is 4. The van der Waals surface area contributed by atoms with E-state index in [9.17, 15) is 21.6 Å². The van der Waals surface area contributed by atoms with Crippen molar-refractivity contribution in [3.8, 4) is 0 Å². The Bertz CT molecular complexity index is 560. The molecular weight excluding hydrogens is 349 g/mol.